The molecule has 1 saturated heterocycles. The van der Waals surface area contributed by atoms with Gasteiger partial charge in [-0.15, -0.1) is 0 Å². The SMILES string of the molecule is COc1cncc(OC2CCN(C(=O)Nc3cccc(C(F)(F)F)c3)C2)n1. The fraction of sp³-hybridized carbons (Fsp3) is 0.353. The number of hydrogen-bond acceptors (Lipinski definition) is 5. The molecule has 0 spiro atoms. The van der Waals surface area contributed by atoms with Gasteiger partial charge in [-0.05, 0) is 18.2 Å². The maximum Gasteiger partial charge on any atom is 0.416 e. The Morgan fingerprint density at radius 3 is 2.81 bits per heavy atom. The molecule has 3 rings (SSSR count). The number of ether oxygens (including phenoxy) is 2. The molecule has 0 bridgehead atoms. The van der Waals surface area contributed by atoms with Crippen molar-refractivity contribution < 1.29 is 27.4 Å². The summed E-state index contributed by atoms with van der Waals surface area (Å²) < 4.78 is 48.9. The predicted octanol–water partition coefficient (Wildman–Crippen LogP) is 3.19. The molecule has 2 heterocycles. The van der Waals surface area contributed by atoms with Crippen LogP contribution in [0.4, 0.5) is 23.7 Å². The van der Waals surface area contributed by atoms with Gasteiger partial charge in [0.1, 0.15) is 6.10 Å². The van der Waals surface area contributed by atoms with Gasteiger partial charge in [-0.2, -0.15) is 18.2 Å². The van der Waals surface area contributed by atoms with Crippen molar-refractivity contribution in [2.45, 2.75) is 18.7 Å². The van der Waals surface area contributed by atoms with Gasteiger partial charge in [-0.1, -0.05) is 6.07 Å². The van der Waals surface area contributed by atoms with Crippen molar-refractivity contribution in [1.82, 2.24) is 14.9 Å². The topological polar surface area (TPSA) is 76.6 Å². The summed E-state index contributed by atoms with van der Waals surface area (Å²) in [6, 6.07) is 4.01. The highest BCUT2D eigenvalue weighted by atomic mass is 19.4. The Hall–Kier alpha value is -3.04. The molecule has 1 aromatic carbocycles. The molecule has 27 heavy (non-hydrogen) atoms. The lowest BCUT2D eigenvalue weighted by atomic mass is 10.2. The standard InChI is InChI=1S/C17H17F3N4O3/c1-26-14-8-21-9-15(23-14)27-13-5-6-24(10-13)16(25)22-12-4-2-3-11(7-12)17(18,19)20/h2-4,7-9,13H,5-6,10H2,1H3,(H,22,25). The Kier molecular flexibility index (Phi) is 5.33. The first-order chi connectivity index (χ1) is 12.8. The van der Waals surface area contributed by atoms with E-state index in [9.17, 15) is 18.0 Å². The summed E-state index contributed by atoms with van der Waals surface area (Å²) in [6.45, 7) is 0.691. The van der Waals surface area contributed by atoms with E-state index in [2.05, 4.69) is 15.3 Å². The molecule has 1 aliphatic rings. The zero-order chi connectivity index (χ0) is 19.4. The lowest BCUT2D eigenvalue weighted by Crippen LogP contribution is -2.34. The van der Waals surface area contributed by atoms with Gasteiger partial charge in [0.15, 0.2) is 0 Å². The van der Waals surface area contributed by atoms with Crippen molar-refractivity contribution >= 4 is 11.7 Å². The largest absolute Gasteiger partial charge is 0.480 e. The van der Waals surface area contributed by atoms with Gasteiger partial charge in [-0.25, -0.2) is 4.79 Å². The summed E-state index contributed by atoms with van der Waals surface area (Å²) in [5.41, 5.74) is -0.739. The number of benzene rings is 1. The molecule has 10 heteroatoms. The molecule has 1 aliphatic heterocycles. The average molecular weight is 382 g/mol. The minimum Gasteiger partial charge on any atom is -0.480 e. The molecule has 7 nitrogen and oxygen atoms in total. The molecule has 1 unspecified atom stereocenters. The van der Waals surface area contributed by atoms with Gasteiger partial charge in [0.2, 0.25) is 11.8 Å². The molecule has 2 amide bonds. The number of methoxy groups -OCH3 is 1. The second kappa shape index (κ2) is 7.68. The predicted molar refractivity (Wildman–Crippen MR) is 89.7 cm³/mol. The van der Waals surface area contributed by atoms with Gasteiger partial charge in [0.25, 0.3) is 0 Å². The van der Waals surface area contributed by atoms with Crippen LogP contribution in [-0.2, 0) is 6.18 Å². The molecule has 1 fully saturated rings. The Morgan fingerprint density at radius 2 is 2.07 bits per heavy atom. The number of carbonyl (C=O) groups excluding carboxylic acids is 1. The third-order valence-corrected chi connectivity index (χ3v) is 3.96. The number of hydrogen-bond donors (Lipinski definition) is 1. The van der Waals surface area contributed by atoms with Crippen molar-refractivity contribution in [1.29, 1.82) is 0 Å². The first-order valence-corrected chi connectivity index (χ1v) is 8.11. The van der Waals surface area contributed by atoms with Crippen LogP contribution in [0.2, 0.25) is 0 Å². The number of amides is 2. The Balaban J connectivity index is 1.57. The van der Waals surface area contributed by atoms with E-state index >= 15 is 0 Å². The molecule has 1 aromatic heterocycles. The quantitative estimate of drug-likeness (QED) is 0.879. The van der Waals surface area contributed by atoms with Crippen molar-refractivity contribution in [2.75, 3.05) is 25.5 Å². The molecular formula is C17H17F3N4O3. The maximum absolute atomic E-state index is 12.8. The Labute approximate surface area is 153 Å². The van der Waals surface area contributed by atoms with Gasteiger partial charge in [0.05, 0.1) is 31.6 Å². The third kappa shape index (κ3) is 4.78. The van der Waals surface area contributed by atoms with Crippen LogP contribution < -0.4 is 14.8 Å². The van der Waals surface area contributed by atoms with E-state index in [4.69, 9.17) is 9.47 Å². The van der Waals surface area contributed by atoms with E-state index < -0.39 is 17.8 Å². The van der Waals surface area contributed by atoms with Crippen LogP contribution in [0.5, 0.6) is 11.8 Å². The fourth-order valence-electron chi connectivity index (χ4n) is 2.64. The van der Waals surface area contributed by atoms with Crippen molar-refractivity contribution in [3.63, 3.8) is 0 Å². The average Bonchev–Trinajstić information content (AvgIpc) is 3.10. The van der Waals surface area contributed by atoms with Gasteiger partial charge in [-0.3, -0.25) is 4.98 Å². The van der Waals surface area contributed by atoms with Crippen LogP contribution in [-0.4, -0.2) is 47.2 Å². The molecule has 1 atom stereocenters. The molecule has 1 N–H and O–H groups in total. The minimum absolute atomic E-state index is 0.0813. The Bertz CT molecular complexity index is 816. The number of nitrogens with zero attached hydrogens (tertiary/aromatic N) is 3. The highest BCUT2D eigenvalue weighted by molar-refractivity contribution is 5.89. The monoisotopic (exact) mass is 382 g/mol. The van der Waals surface area contributed by atoms with Gasteiger partial charge >= 0.3 is 12.2 Å². The number of aromatic nitrogens is 2. The first-order valence-electron chi connectivity index (χ1n) is 8.11. The van der Waals surface area contributed by atoms with Gasteiger partial charge in [0, 0.05) is 18.7 Å². The normalized spacial score (nSPS) is 16.9. The van der Waals surface area contributed by atoms with Crippen molar-refractivity contribution in [3.8, 4) is 11.8 Å². The fourth-order valence-corrected chi connectivity index (χ4v) is 2.64. The van der Waals surface area contributed by atoms with Crippen LogP contribution in [0.25, 0.3) is 0 Å². The molecule has 0 radical (unpaired) electrons. The van der Waals surface area contributed by atoms with Crippen molar-refractivity contribution in [3.05, 3.63) is 42.2 Å². The van der Waals surface area contributed by atoms with Crippen LogP contribution in [0.1, 0.15) is 12.0 Å². The summed E-state index contributed by atoms with van der Waals surface area (Å²) in [6.07, 6.45) is -1.32. The summed E-state index contributed by atoms with van der Waals surface area (Å²) >= 11 is 0. The number of likely N-dealkylation sites (tertiary alicyclic amines) is 1. The summed E-state index contributed by atoms with van der Waals surface area (Å²) in [5.74, 6) is 0.587. The number of halogens is 3. The summed E-state index contributed by atoms with van der Waals surface area (Å²) in [5, 5.41) is 2.48. The highest BCUT2D eigenvalue weighted by Crippen LogP contribution is 2.30. The van der Waals surface area contributed by atoms with Crippen LogP contribution in [0.3, 0.4) is 0 Å². The molecule has 0 saturated carbocycles. The van der Waals surface area contributed by atoms with E-state index in [-0.39, 0.29) is 24.2 Å². The molecule has 0 aliphatic carbocycles. The Morgan fingerprint density at radius 1 is 1.30 bits per heavy atom. The first kappa shape index (κ1) is 18.7. The number of urea groups is 1. The number of alkyl halides is 3. The van der Waals surface area contributed by atoms with Crippen LogP contribution >= 0.6 is 0 Å². The second-order valence-corrected chi connectivity index (χ2v) is 5.88. The number of carbonyl (C=O) groups is 1. The summed E-state index contributed by atoms with van der Waals surface area (Å²) in [4.78, 5) is 21.8. The maximum atomic E-state index is 12.8. The molecular weight excluding hydrogens is 365 g/mol. The zero-order valence-corrected chi connectivity index (χ0v) is 14.4. The zero-order valence-electron chi connectivity index (χ0n) is 14.4. The van der Waals surface area contributed by atoms with Crippen LogP contribution in [0, 0.1) is 0 Å². The van der Waals surface area contributed by atoms with E-state index in [1.807, 2.05) is 0 Å². The number of rotatable bonds is 4. The third-order valence-electron chi connectivity index (χ3n) is 3.96. The smallest absolute Gasteiger partial charge is 0.416 e. The van der Waals surface area contributed by atoms with E-state index in [1.54, 1.807) is 0 Å². The minimum atomic E-state index is -4.47. The lowest BCUT2D eigenvalue weighted by molar-refractivity contribution is -0.137. The van der Waals surface area contributed by atoms with E-state index in [0.29, 0.717) is 18.8 Å². The number of nitrogens with one attached hydrogen (secondary N) is 1. The van der Waals surface area contributed by atoms with E-state index in [0.717, 1.165) is 12.1 Å². The highest BCUT2D eigenvalue weighted by Gasteiger charge is 2.31. The van der Waals surface area contributed by atoms with Gasteiger partial charge < -0.3 is 19.7 Å². The van der Waals surface area contributed by atoms with E-state index in [1.165, 1.54) is 36.5 Å². The van der Waals surface area contributed by atoms with Crippen LogP contribution in [0.15, 0.2) is 36.7 Å². The molecule has 144 valence electrons. The second-order valence-electron chi connectivity index (χ2n) is 5.88. The molecule has 2 aromatic rings. The lowest BCUT2D eigenvalue weighted by Gasteiger charge is -2.18. The summed E-state index contributed by atoms with van der Waals surface area (Å²) in [7, 11) is 1.46. The number of anilines is 1. The van der Waals surface area contributed by atoms with Crippen molar-refractivity contribution in [2.24, 2.45) is 0 Å².